The zero-order valence-corrected chi connectivity index (χ0v) is 15.6. The van der Waals surface area contributed by atoms with Gasteiger partial charge in [0.1, 0.15) is 0 Å². The molecule has 0 unspecified atom stereocenters. The Hall–Kier alpha value is -2.73. The van der Waals surface area contributed by atoms with E-state index in [1.54, 1.807) is 12.1 Å². The third kappa shape index (κ3) is 4.46. The molecule has 2 amide bonds. The molecule has 0 heterocycles. The summed E-state index contributed by atoms with van der Waals surface area (Å²) in [5.41, 5.74) is 3.92. The molecule has 1 saturated carbocycles. The highest BCUT2D eigenvalue weighted by Gasteiger charge is 2.29. The molecule has 26 heavy (non-hydrogen) atoms. The normalized spacial score (nSPS) is 13.0. The molecule has 3 rings (SSSR count). The van der Waals surface area contributed by atoms with E-state index in [1.165, 1.54) is 0 Å². The van der Waals surface area contributed by atoms with Crippen LogP contribution < -0.4 is 16.0 Å². The number of amides is 2. The van der Waals surface area contributed by atoms with Crippen LogP contribution in [0.1, 0.15) is 34.3 Å². The zero-order valence-electron chi connectivity index (χ0n) is 14.8. The molecular weight excluding hydrogens is 346 g/mol. The maximum atomic E-state index is 12.3. The smallest absolute Gasteiger partial charge is 0.257 e. The van der Waals surface area contributed by atoms with E-state index in [-0.39, 0.29) is 22.8 Å². The van der Waals surface area contributed by atoms with E-state index in [9.17, 15) is 9.59 Å². The summed E-state index contributed by atoms with van der Waals surface area (Å²) in [6.45, 7) is 3.83. The molecule has 1 aliphatic rings. The first-order chi connectivity index (χ1) is 12.4. The summed E-state index contributed by atoms with van der Waals surface area (Å²) in [5.74, 6) is -0.0664. The molecule has 1 aliphatic carbocycles. The van der Waals surface area contributed by atoms with E-state index >= 15 is 0 Å². The largest absolute Gasteiger partial charge is 0.332 e. The summed E-state index contributed by atoms with van der Waals surface area (Å²) < 4.78 is 0. The van der Waals surface area contributed by atoms with E-state index in [4.69, 9.17) is 12.2 Å². The number of thiocarbonyl (C=S) groups is 1. The second-order valence-electron chi connectivity index (χ2n) is 6.52. The van der Waals surface area contributed by atoms with Crippen LogP contribution in [-0.4, -0.2) is 16.9 Å². The SMILES string of the molecule is Cc1cccc(C(=O)NC(=S)Nc2cccc(NC(=O)C3CC3)c2C)c1. The number of rotatable bonds is 4. The van der Waals surface area contributed by atoms with Gasteiger partial charge in [-0.1, -0.05) is 23.8 Å². The van der Waals surface area contributed by atoms with Crippen molar-refractivity contribution in [3.05, 3.63) is 59.2 Å². The molecule has 0 bridgehead atoms. The van der Waals surface area contributed by atoms with Crippen molar-refractivity contribution in [3.63, 3.8) is 0 Å². The van der Waals surface area contributed by atoms with E-state index in [2.05, 4.69) is 16.0 Å². The van der Waals surface area contributed by atoms with E-state index in [1.807, 2.05) is 44.2 Å². The number of carbonyl (C=O) groups excluding carboxylic acids is 2. The van der Waals surface area contributed by atoms with Crippen molar-refractivity contribution in [2.24, 2.45) is 5.92 Å². The molecule has 0 saturated heterocycles. The predicted molar refractivity (Wildman–Crippen MR) is 107 cm³/mol. The second-order valence-corrected chi connectivity index (χ2v) is 6.93. The van der Waals surface area contributed by atoms with E-state index < -0.39 is 0 Å². The second kappa shape index (κ2) is 7.66. The Bertz CT molecular complexity index is 875. The van der Waals surface area contributed by atoms with Crippen LogP contribution in [0.15, 0.2) is 42.5 Å². The molecule has 3 N–H and O–H groups in total. The first-order valence-electron chi connectivity index (χ1n) is 8.53. The topological polar surface area (TPSA) is 70.2 Å². The van der Waals surface area contributed by atoms with Gasteiger partial charge in [0, 0.05) is 22.9 Å². The van der Waals surface area contributed by atoms with Crippen molar-refractivity contribution in [1.82, 2.24) is 5.32 Å². The van der Waals surface area contributed by atoms with Crippen LogP contribution in [-0.2, 0) is 4.79 Å². The van der Waals surface area contributed by atoms with E-state index in [0.29, 0.717) is 5.56 Å². The van der Waals surface area contributed by atoms with Gasteiger partial charge >= 0.3 is 0 Å². The minimum Gasteiger partial charge on any atom is -0.332 e. The van der Waals surface area contributed by atoms with Crippen molar-refractivity contribution in [2.45, 2.75) is 26.7 Å². The van der Waals surface area contributed by atoms with Gasteiger partial charge in [-0.2, -0.15) is 0 Å². The summed E-state index contributed by atoms with van der Waals surface area (Å²) in [6.07, 6.45) is 1.91. The van der Waals surface area contributed by atoms with Gasteiger partial charge < -0.3 is 10.6 Å². The summed E-state index contributed by atoms with van der Waals surface area (Å²) in [5, 5.41) is 8.88. The predicted octanol–water partition coefficient (Wildman–Crippen LogP) is 3.78. The molecule has 0 atom stereocenters. The molecule has 0 aliphatic heterocycles. The molecule has 0 radical (unpaired) electrons. The Morgan fingerprint density at radius 2 is 1.65 bits per heavy atom. The van der Waals surface area contributed by atoms with Crippen molar-refractivity contribution in [2.75, 3.05) is 10.6 Å². The van der Waals surface area contributed by atoms with Gasteiger partial charge in [-0.3, -0.25) is 14.9 Å². The molecule has 6 heteroatoms. The van der Waals surface area contributed by atoms with Gasteiger partial charge in [-0.15, -0.1) is 0 Å². The number of hydrogen-bond acceptors (Lipinski definition) is 3. The average Bonchev–Trinajstić information content (AvgIpc) is 3.43. The number of carbonyl (C=O) groups is 2. The minimum atomic E-state index is -0.262. The standard InChI is InChI=1S/C20H21N3O2S/c1-12-5-3-6-15(11-12)19(25)23-20(26)22-17-8-4-7-16(13(17)2)21-18(24)14-9-10-14/h3-8,11,14H,9-10H2,1-2H3,(H,21,24)(H2,22,23,25,26). The molecule has 0 aromatic heterocycles. The summed E-state index contributed by atoms with van der Waals surface area (Å²) >= 11 is 5.26. The summed E-state index contributed by atoms with van der Waals surface area (Å²) in [6, 6.07) is 12.8. The highest BCUT2D eigenvalue weighted by atomic mass is 32.1. The van der Waals surface area contributed by atoms with Crippen molar-refractivity contribution in [3.8, 4) is 0 Å². The van der Waals surface area contributed by atoms with Crippen LogP contribution in [0.5, 0.6) is 0 Å². The Morgan fingerprint density at radius 1 is 1.00 bits per heavy atom. The minimum absolute atomic E-state index is 0.0561. The zero-order chi connectivity index (χ0) is 18.7. The first-order valence-corrected chi connectivity index (χ1v) is 8.94. The number of aryl methyl sites for hydroxylation is 1. The van der Waals surface area contributed by atoms with Crippen molar-refractivity contribution >= 4 is 40.5 Å². The lowest BCUT2D eigenvalue weighted by Crippen LogP contribution is -2.34. The van der Waals surface area contributed by atoms with Crippen molar-refractivity contribution in [1.29, 1.82) is 0 Å². The summed E-state index contributed by atoms with van der Waals surface area (Å²) in [4.78, 5) is 24.3. The lowest BCUT2D eigenvalue weighted by molar-refractivity contribution is -0.117. The maximum absolute atomic E-state index is 12.3. The fourth-order valence-corrected chi connectivity index (χ4v) is 2.80. The number of hydrogen-bond donors (Lipinski definition) is 3. The van der Waals surface area contributed by atoms with Crippen LogP contribution >= 0.6 is 12.2 Å². The molecule has 2 aromatic rings. The van der Waals surface area contributed by atoms with Crippen LogP contribution in [0.3, 0.4) is 0 Å². The Labute approximate surface area is 158 Å². The molecule has 5 nitrogen and oxygen atoms in total. The Kier molecular flexibility index (Phi) is 5.32. The molecule has 2 aromatic carbocycles. The van der Waals surface area contributed by atoms with Crippen molar-refractivity contribution < 1.29 is 9.59 Å². The third-order valence-corrected chi connectivity index (χ3v) is 4.50. The van der Waals surface area contributed by atoms with Gasteiger partial charge in [0.05, 0.1) is 0 Å². The van der Waals surface area contributed by atoms with Gasteiger partial charge in [0.25, 0.3) is 5.91 Å². The van der Waals surface area contributed by atoms with Gasteiger partial charge in [0.2, 0.25) is 5.91 Å². The van der Waals surface area contributed by atoms with Crippen LogP contribution in [0, 0.1) is 19.8 Å². The third-order valence-electron chi connectivity index (χ3n) is 4.30. The van der Waals surface area contributed by atoms with Gasteiger partial charge in [0.15, 0.2) is 5.11 Å². The lowest BCUT2D eigenvalue weighted by Gasteiger charge is -2.15. The Morgan fingerprint density at radius 3 is 2.31 bits per heavy atom. The molecule has 0 spiro atoms. The highest BCUT2D eigenvalue weighted by molar-refractivity contribution is 7.80. The van der Waals surface area contributed by atoms with Gasteiger partial charge in [-0.05, 0) is 68.7 Å². The monoisotopic (exact) mass is 367 g/mol. The average molecular weight is 367 g/mol. The highest BCUT2D eigenvalue weighted by Crippen LogP contribution is 2.31. The van der Waals surface area contributed by atoms with Crippen LogP contribution in [0.25, 0.3) is 0 Å². The number of benzene rings is 2. The summed E-state index contributed by atoms with van der Waals surface area (Å²) in [7, 11) is 0. The lowest BCUT2D eigenvalue weighted by atomic mass is 10.1. The fraction of sp³-hybridized carbons (Fsp3) is 0.250. The molecule has 1 fully saturated rings. The van der Waals surface area contributed by atoms with E-state index in [0.717, 1.165) is 35.3 Å². The van der Waals surface area contributed by atoms with Crippen LogP contribution in [0.4, 0.5) is 11.4 Å². The Balaban J connectivity index is 1.65. The van der Waals surface area contributed by atoms with Crippen LogP contribution in [0.2, 0.25) is 0 Å². The molecule has 134 valence electrons. The maximum Gasteiger partial charge on any atom is 0.257 e. The number of nitrogens with one attached hydrogen (secondary N) is 3. The fourth-order valence-electron chi connectivity index (χ4n) is 2.60. The first kappa shape index (κ1) is 18.1. The quantitative estimate of drug-likeness (QED) is 0.719. The van der Waals surface area contributed by atoms with Gasteiger partial charge in [-0.25, -0.2) is 0 Å². The molecular formula is C20H21N3O2S. The number of anilines is 2.